The standard InChI is InChI=1S/C23H30N4O5S/c1-2-17-32-23-19(7-6-12-24-23)18-25-21(28)10-11-22(29)26-13-15-27(16-14-26)33(30,31)20-8-4-3-5-9-20/h3-9,12H,2,10-11,13-18H2,1H3,(H,25,28). The number of amides is 2. The molecule has 9 nitrogen and oxygen atoms in total. The summed E-state index contributed by atoms with van der Waals surface area (Å²) in [5, 5.41) is 2.80. The van der Waals surface area contributed by atoms with E-state index in [-0.39, 0.29) is 49.2 Å². The quantitative estimate of drug-likeness (QED) is 0.563. The minimum Gasteiger partial charge on any atom is -0.477 e. The average Bonchev–Trinajstić information content (AvgIpc) is 2.85. The Balaban J connectivity index is 1.42. The second kappa shape index (κ2) is 11.8. The average molecular weight is 475 g/mol. The molecule has 178 valence electrons. The molecule has 0 unspecified atom stereocenters. The van der Waals surface area contributed by atoms with E-state index in [1.165, 1.54) is 4.31 Å². The summed E-state index contributed by atoms with van der Waals surface area (Å²) < 4.78 is 32.4. The molecule has 1 aliphatic heterocycles. The maximum Gasteiger partial charge on any atom is 0.243 e. The predicted octanol–water partition coefficient (Wildman–Crippen LogP) is 1.80. The molecule has 1 saturated heterocycles. The van der Waals surface area contributed by atoms with Crippen LogP contribution in [0.4, 0.5) is 0 Å². The SMILES string of the molecule is CCCOc1ncccc1CNC(=O)CCC(=O)N1CCN(S(=O)(=O)c2ccccc2)CC1. The number of aromatic nitrogens is 1. The third kappa shape index (κ3) is 6.75. The van der Waals surface area contributed by atoms with E-state index in [1.54, 1.807) is 47.5 Å². The van der Waals surface area contributed by atoms with Crippen molar-refractivity contribution in [3.63, 3.8) is 0 Å². The Morgan fingerprint density at radius 3 is 2.45 bits per heavy atom. The Bertz CT molecular complexity index is 1040. The van der Waals surface area contributed by atoms with Crippen molar-refractivity contribution in [3.05, 3.63) is 54.2 Å². The maximum atomic E-state index is 12.7. The smallest absolute Gasteiger partial charge is 0.243 e. The van der Waals surface area contributed by atoms with E-state index in [9.17, 15) is 18.0 Å². The van der Waals surface area contributed by atoms with Crippen LogP contribution >= 0.6 is 0 Å². The fraction of sp³-hybridized carbons (Fsp3) is 0.435. The second-order valence-corrected chi connectivity index (χ2v) is 9.63. The summed E-state index contributed by atoms with van der Waals surface area (Å²) in [5.74, 6) is 0.105. The number of piperazine rings is 1. The van der Waals surface area contributed by atoms with Crippen LogP contribution in [0.5, 0.6) is 5.88 Å². The number of hydrogen-bond donors (Lipinski definition) is 1. The highest BCUT2D eigenvalue weighted by molar-refractivity contribution is 7.89. The van der Waals surface area contributed by atoms with Crippen LogP contribution in [-0.2, 0) is 26.2 Å². The molecule has 1 aromatic carbocycles. The van der Waals surface area contributed by atoms with Crippen molar-refractivity contribution in [2.45, 2.75) is 37.6 Å². The molecule has 0 spiro atoms. The summed E-state index contributed by atoms with van der Waals surface area (Å²) in [6, 6.07) is 11.9. The normalized spacial score (nSPS) is 14.6. The molecule has 1 aromatic heterocycles. The van der Waals surface area contributed by atoms with Gasteiger partial charge in [-0.1, -0.05) is 31.2 Å². The van der Waals surface area contributed by atoms with Gasteiger partial charge in [0.1, 0.15) is 0 Å². The summed E-state index contributed by atoms with van der Waals surface area (Å²) in [6.07, 6.45) is 2.63. The lowest BCUT2D eigenvalue weighted by Gasteiger charge is -2.34. The monoisotopic (exact) mass is 474 g/mol. The number of nitrogens with zero attached hydrogens (tertiary/aromatic N) is 3. The van der Waals surface area contributed by atoms with Crippen molar-refractivity contribution in [2.24, 2.45) is 0 Å². The Hall–Kier alpha value is -2.98. The molecule has 2 amide bonds. The van der Waals surface area contributed by atoms with Crippen molar-refractivity contribution in [1.29, 1.82) is 0 Å². The topological polar surface area (TPSA) is 109 Å². The zero-order valence-electron chi connectivity index (χ0n) is 18.8. The number of sulfonamides is 1. The highest BCUT2D eigenvalue weighted by Gasteiger charge is 2.29. The Kier molecular flexibility index (Phi) is 8.79. The van der Waals surface area contributed by atoms with Gasteiger partial charge in [0, 0.05) is 57.3 Å². The highest BCUT2D eigenvalue weighted by atomic mass is 32.2. The van der Waals surface area contributed by atoms with Gasteiger partial charge in [0.15, 0.2) is 0 Å². The number of carbonyl (C=O) groups is 2. The first-order valence-corrected chi connectivity index (χ1v) is 12.5. The molecule has 1 fully saturated rings. The molecular formula is C23H30N4O5S. The molecule has 0 atom stereocenters. The van der Waals surface area contributed by atoms with Crippen molar-refractivity contribution in [2.75, 3.05) is 32.8 Å². The second-order valence-electron chi connectivity index (χ2n) is 7.69. The van der Waals surface area contributed by atoms with Crippen LogP contribution in [0.3, 0.4) is 0 Å². The van der Waals surface area contributed by atoms with Gasteiger partial charge in [-0.25, -0.2) is 13.4 Å². The Labute approximate surface area is 194 Å². The third-order valence-electron chi connectivity index (χ3n) is 5.31. The zero-order valence-corrected chi connectivity index (χ0v) is 19.6. The molecule has 2 aromatic rings. The highest BCUT2D eigenvalue weighted by Crippen LogP contribution is 2.18. The molecule has 0 radical (unpaired) electrons. The van der Waals surface area contributed by atoms with E-state index in [0.717, 1.165) is 12.0 Å². The first-order valence-electron chi connectivity index (χ1n) is 11.1. The summed E-state index contributed by atoms with van der Waals surface area (Å²) in [5.41, 5.74) is 0.779. The molecule has 0 saturated carbocycles. The van der Waals surface area contributed by atoms with Crippen molar-refractivity contribution >= 4 is 21.8 Å². The number of nitrogens with one attached hydrogen (secondary N) is 1. The van der Waals surface area contributed by atoms with E-state index >= 15 is 0 Å². The minimum atomic E-state index is -3.56. The van der Waals surface area contributed by atoms with Crippen molar-refractivity contribution < 1.29 is 22.7 Å². The number of carbonyl (C=O) groups excluding carboxylic acids is 2. The molecular weight excluding hydrogens is 444 g/mol. The molecule has 2 heterocycles. The summed E-state index contributed by atoms with van der Waals surface area (Å²) in [4.78, 5) is 30.8. The molecule has 1 N–H and O–H groups in total. The fourth-order valence-corrected chi connectivity index (χ4v) is 4.91. The lowest BCUT2D eigenvalue weighted by molar-refractivity contribution is -0.134. The number of hydrogen-bond acceptors (Lipinski definition) is 6. The first kappa shape index (κ1) is 24.7. The molecule has 0 aliphatic carbocycles. The fourth-order valence-electron chi connectivity index (χ4n) is 3.47. The van der Waals surface area contributed by atoms with Crippen LogP contribution in [0, 0.1) is 0 Å². The first-order chi connectivity index (χ1) is 15.9. The third-order valence-corrected chi connectivity index (χ3v) is 7.22. The van der Waals surface area contributed by atoms with Gasteiger partial charge in [0.05, 0.1) is 11.5 Å². The lowest BCUT2D eigenvalue weighted by Crippen LogP contribution is -2.50. The Morgan fingerprint density at radius 2 is 1.76 bits per heavy atom. The van der Waals surface area contributed by atoms with Crippen LogP contribution in [0.15, 0.2) is 53.6 Å². The van der Waals surface area contributed by atoms with Crippen LogP contribution < -0.4 is 10.1 Å². The largest absolute Gasteiger partial charge is 0.477 e. The van der Waals surface area contributed by atoms with Gasteiger partial charge in [0.2, 0.25) is 27.7 Å². The zero-order chi connectivity index (χ0) is 23.7. The van der Waals surface area contributed by atoms with Gasteiger partial charge >= 0.3 is 0 Å². The van der Waals surface area contributed by atoms with Crippen LogP contribution in [0.25, 0.3) is 0 Å². The molecule has 10 heteroatoms. The van der Waals surface area contributed by atoms with E-state index in [4.69, 9.17) is 4.74 Å². The number of ether oxygens (including phenoxy) is 1. The molecule has 3 rings (SSSR count). The van der Waals surface area contributed by atoms with Crippen molar-refractivity contribution in [1.82, 2.24) is 19.5 Å². The maximum absolute atomic E-state index is 12.7. The van der Waals surface area contributed by atoms with Gasteiger partial charge in [-0.3, -0.25) is 9.59 Å². The molecule has 33 heavy (non-hydrogen) atoms. The van der Waals surface area contributed by atoms with Crippen LogP contribution in [0.2, 0.25) is 0 Å². The van der Waals surface area contributed by atoms with Crippen LogP contribution in [0.1, 0.15) is 31.7 Å². The minimum absolute atomic E-state index is 0.0623. The summed E-state index contributed by atoms with van der Waals surface area (Å²) in [6.45, 7) is 3.90. The van der Waals surface area contributed by atoms with Gasteiger partial charge < -0.3 is 15.0 Å². The number of pyridine rings is 1. The predicted molar refractivity (Wildman–Crippen MR) is 123 cm³/mol. The van der Waals surface area contributed by atoms with Gasteiger partial charge in [-0.2, -0.15) is 4.31 Å². The number of rotatable bonds is 10. The number of benzene rings is 1. The van der Waals surface area contributed by atoms with E-state index in [2.05, 4.69) is 10.3 Å². The summed E-state index contributed by atoms with van der Waals surface area (Å²) >= 11 is 0. The van der Waals surface area contributed by atoms with Crippen molar-refractivity contribution in [3.8, 4) is 5.88 Å². The van der Waals surface area contributed by atoms with E-state index in [0.29, 0.717) is 25.6 Å². The van der Waals surface area contributed by atoms with E-state index in [1.807, 2.05) is 13.0 Å². The van der Waals surface area contributed by atoms with E-state index < -0.39 is 10.0 Å². The van der Waals surface area contributed by atoms with Gasteiger partial charge in [-0.05, 0) is 24.6 Å². The Morgan fingerprint density at radius 1 is 1.03 bits per heavy atom. The summed E-state index contributed by atoms with van der Waals surface area (Å²) in [7, 11) is -3.56. The van der Waals surface area contributed by atoms with Gasteiger partial charge in [0.25, 0.3) is 0 Å². The lowest BCUT2D eigenvalue weighted by atomic mass is 10.2. The van der Waals surface area contributed by atoms with Crippen LogP contribution in [-0.4, -0.2) is 67.2 Å². The van der Waals surface area contributed by atoms with Gasteiger partial charge in [-0.15, -0.1) is 0 Å². The molecule has 0 bridgehead atoms. The molecule has 1 aliphatic rings.